The van der Waals surface area contributed by atoms with Crippen LogP contribution in [0.25, 0.3) is 0 Å². The maximum atomic E-state index is 12.9. The molecule has 0 amide bonds. The van der Waals surface area contributed by atoms with Crippen molar-refractivity contribution in [3.05, 3.63) is 24.3 Å². The lowest BCUT2D eigenvalue weighted by molar-refractivity contribution is -0.167. The van der Waals surface area contributed by atoms with Crippen molar-refractivity contribution in [1.82, 2.24) is 0 Å². The van der Waals surface area contributed by atoms with E-state index < -0.39 is 6.10 Å². The van der Waals surface area contributed by atoms with E-state index in [0.29, 0.717) is 19.3 Å². The predicted octanol–water partition coefficient (Wildman–Crippen LogP) is 19.9. The predicted molar refractivity (Wildman–Crippen MR) is 289 cm³/mol. The van der Waals surface area contributed by atoms with Crippen molar-refractivity contribution in [2.45, 2.75) is 335 Å². The summed E-state index contributed by atoms with van der Waals surface area (Å²) in [5.74, 6) is -0.865. The third-order valence-corrected chi connectivity index (χ3v) is 13.4. The molecule has 0 radical (unpaired) electrons. The summed E-state index contributed by atoms with van der Waals surface area (Å²) in [7, 11) is 0. The number of allylic oxidation sites excluding steroid dienone is 4. The van der Waals surface area contributed by atoms with E-state index in [0.717, 1.165) is 64.2 Å². The lowest BCUT2D eigenvalue weighted by Crippen LogP contribution is -2.30. The van der Waals surface area contributed by atoms with Gasteiger partial charge in [-0.05, 0) is 64.2 Å². The summed E-state index contributed by atoms with van der Waals surface area (Å²) >= 11 is 0. The fourth-order valence-electron chi connectivity index (χ4n) is 8.89. The van der Waals surface area contributed by atoms with Crippen LogP contribution in [-0.2, 0) is 28.6 Å². The Morgan fingerprint density at radius 1 is 0.284 bits per heavy atom. The molecule has 0 aliphatic carbocycles. The number of hydrogen-bond donors (Lipinski definition) is 0. The molecule has 0 aromatic rings. The molecule has 0 heterocycles. The second-order valence-electron chi connectivity index (χ2n) is 20.3. The van der Waals surface area contributed by atoms with Crippen LogP contribution >= 0.6 is 0 Å². The molecule has 1 unspecified atom stereocenters. The quantitative estimate of drug-likeness (QED) is 0.0262. The molecule has 394 valence electrons. The molecule has 0 bridgehead atoms. The van der Waals surface area contributed by atoms with Crippen LogP contribution in [0.1, 0.15) is 329 Å². The maximum absolute atomic E-state index is 12.9. The fraction of sp³-hybridized carbons (Fsp3) is 0.885. The summed E-state index contributed by atoms with van der Waals surface area (Å²) in [5.41, 5.74) is 0. The van der Waals surface area contributed by atoms with Crippen molar-refractivity contribution in [3.63, 3.8) is 0 Å². The summed E-state index contributed by atoms with van der Waals surface area (Å²) < 4.78 is 16.9. The molecule has 0 aliphatic rings. The zero-order valence-electron chi connectivity index (χ0n) is 45.2. The fourth-order valence-corrected chi connectivity index (χ4v) is 8.89. The van der Waals surface area contributed by atoms with E-state index in [1.165, 1.54) is 225 Å². The van der Waals surface area contributed by atoms with Crippen LogP contribution in [0.2, 0.25) is 0 Å². The number of rotatable bonds is 55. The zero-order valence-corrected chi connectivity index (χ0v) is 45.2. The first-order chi connectivity index (χ1) is 33.0. The van der Waals surface area contributed by atoms with E-state index in [4.69, 9.17) is 14.2 Å². The molecule has 6 nitrogen and oxygen atoms in total. The average molecular weight is 944 g/mol. The highest BCUT2D eigenvalue weighted by atomic mass is 16.6. The van der Waals surface area contributed by atoms with Crippen molar-refractivity contribution in [2.75, 3.05) is 13.2 Å². The summed E-state index contributed by atoms with van der Waals surface area (Å²) in [6.45, 7) is 6.64. The van der Waals surface area contributed by atoms with E-state index in [9.17, 15) is 14.4 Å². The highest BCUT2D eigenvalue weighted by Crippen LogP contribution is 2.17. The number of esters is 3. The van der Waals surface area contributed by atoms with Crippen LogP contribution in [0.3, 0.4) is 0 Å². The Balaban J connectivity index is 4.27. The zero-order chi connectivity index (χ0) is 48.6. The van der Waals surface area contributed by atoms with Crippen molar-refractivity contribution in [1.29, 1.82) is 0 Å². The average Bonchev–Trinajstić information content (AvgIpc) is 3.33. The summed E-state index contributed by atoms with van der Waals surface area (Å²) in [6, 6.07) is 0. The summed E-state index contributed by atoms with van der Waals surface area (Å²) in [5, 5.41) is 0. The molecular formula is C61H114O6. The van der Waals surface area contributed by atoms with Crippen LogP contribution in [0.5, 0.6) is 0 Å². The van der Waals surface area contributed by atoms with Gasteiger partial charge in [-0.25, -0.2) is 0 Å². The van der Waals surface area contributed by atoms with Gasteiger partial charge in [-0.2, -0.15) is 0 Å². The Bertz CT molecular complexity index is 1080. The van der Waals surface area contributed by atoms with Crippen molar-refractivity contribution >= 4 is 17.9 Å². The first kappa shape index (κ1) is 64.9. The monoisotopic (exact) mass is 943 g/mol. The summed E-state index contributed by atoms with van der Waals surface area (Å²) in [6.07, 6.45) is 66.1. The molecule has 0 aromatic carbocycles. The Morgan fingerprint density at radius 3 is 0.791 bits per heavy atom. The number of ether oxygens (including phenoxy) is 3. The van der Waals surface area contributed by atoms with Crippen molar-refractivity contribution in [3.8, 4) is 0 Å². The second-order valence-corrected chi connectivity index (χ2v) is 20.3. The minimum atomic E-state index is -0.773. The first-order valence-corrected chi connectivity index (χ1v) is 29.8. The molecule has 0 N–H and O–H groups in total. The van der Waals surface area contributed by atoms with Crippen LogP contribution in [-0.4, -0.2) is 37.2 Å². The van der Waals surface area contributed by atoms with E-state index >= 15 is 0 Å². The number of carbonyl (C=O) groups is 3. The molecular weight excluding hydrogens is 829 g/mol. The van der Waals surface area contributed by atoms with Gasteiger partial charge in [0.05, 0.1) is 0 Å². The van der Waals surface area contributed by atoms with E-state index in [-0.39, 0.29) is 31.1 Å². The van der Waals surface area contributed by atoms with Gasteiger partial charge in [-0.3, -0.25) is 14.4 Å². The van der Waals surface area contributed by atoms with Crippen molar-refractivity contribution < 1.29 is 28.6 Å². The standard InChI is InChI=1S/C61H114O6/c1-4-7-10-13-16-19-22-24-26-28-30-31-33-34-36-39-42-45-48-51-54-60(63)66-57-58(56-65-59(62)53-50-47-44-41-38-21-18-15-12-9-6-3)67-61(64)55-52-49-46-43-40-37-35-32-29-27-25-23-20-17-14-11-8-5-2/h15,18,27,29,58H,4-14,16-17,19-26,28,30-57H2,1-3H3/b18-15-,29-27-. The smallest absolute Gasteiger partial charge is 0.306 e. The topological polar surface area (TPSA) is 78.9 Å². The molecule has 1 atom stereocenters. The molecule has 67 heavy (non-hydrogen) atoms. The van der Waals surface area contributed by atoms with E-state index in [2.05, 4.69) is 45.1 Å². The van der Waals surface area contributed by atoms with Crippen LogP contribution in [0.15, 0.2) is 24.3 Å². The van der Waals surface area contributed by atoms with Gasteiger partial charge < -0.3 is 14.2 Å². The Morgan fingerprint density at radius 2 is 0.507 bits per heavy atom. The lowest BCUT2D eigenvalue weighted by Gasteiger charge is -2.18. The molecule has 0 aliphatic heterocycles. The lowest BCUT2D eigenvalue weighted by atomic mass is 10.0. The van der Waals surface area contributed by atoms with Crippen LogP contribution in [0, 0.1) is 0 Å². The largest absolute Gasteiger partial charge is 0.462 e. The third kappa shape index (κ3) is 54.7. The summed E-state index contributed by atoms with van der Waals surface area (Å²) in [4.78, 5) is 38.1. The second kappa shape index (κ2) is 56.5. The molecule has 6 heteroatoms. The van der Waals surface area contributed by atoms with Gasteiger partial charge in [0.2, 0.25) is 0 Å². The van der Waals surface area contributed by atoms with E-state index in [1.54, 1.807) is 0 Å². The highest BCUT2D eigenvalue weighted by molar-refractivity contribution is 5.71. The number of carbonyl (C=O) groups excluding carboxylic acids is 3. The molecule has 0 fully saturated rings. The highest BCUT2D eigenvalue weighted by Gasteiger charge is 2.19. The van der Waals surface area contributed by atoms with Gasteiger partial charge in [0.1, 0.15) is 13.2 Å². The number of hydrogen-bond acceptors (Lipinski definition) is 6. The molecule has 0 saturated carbocycles. The van der Waals surface area contributed by atoms with E-state index in [1.807, 2.05) is 0 Å². The van der Waals surface area contributed by atoms with Gasteiger partial charge in [-0.15, -0.1) is 0 Å². The van der Waals surface area contributed by atoms with Gasteiger partial charge in [-0.1, -0.05) is 270 Å². The first-order valence-electron chi connectivity index (χ1n) is 29.8. The molecule has 0 aromatic heterocycles. The molecule has 0 spiro atoms. The minimum absolute atomic E-state index is 0.0712. The SMILES string of the molecule is CCCC/C=C\CCCCCCCC(=O)OCC(COC(=O)CCCCCCCCCCCCCCCCCCCCCC)OC(=O)CCCCCCCCC/C=C\CCCCCCCCC. The molecule has 0 rings (SSSR count). The van der Waals surface area contributed by atoms with Gasteiger partial charge >= 0.3 is 17.9 Å². The van der Waals surface area contributed by atoms with Gasteiger partial charge in [0.25, 0.3) is 0 Å². The Labute approximate surface area is 417 Å². The van der Waals surface area contributed by atoms with Gasteiger partial charge in [0, 0.05) is 19.3 Å². The van der Waals surface area contributed by atoms with Crippen LogP contribution in [0.4, 0.5) is 0 Å². The Hall–Kier alpha value is -2.11. The normalized spacial score (nSPS) is 12.1. The molecule has 0 saturated heterocycles. The maximum Gasteiger partial charge on any atom is 0.306 e. The van der Waals surface area contributed by atoms with Gasteiger partial charge in [0.15, 0.2) is 6.10 Å². The third-order valence-electron chi connectivity index (χ3n) is 13.4. The van der Waals surface area contributed by atoms with Crippen molar-refractivity contribution in [2.24, 2.45) is 0 Å². The Kier molecular flexibility index (Phi) is 54.7. The van der Waals surface area contributed by atoms with Crippen LogP contribution < -0.4 is 0 Å². The minimum Gasteiger partial charge on any atom is -0.462 e. The number of unbranched alkanes of at least 4 members (excludes halogenated alkanes) is 40.